The number of fused-ring (bicyclic) bond motifs is 1. The Kier molecular flexibility index (Phi) is 4.56. The topological polar surface area (TPSA) is 83.7 Å². The monoisotopic (exact) mass is 410 g/mol. The predicted molar refractivity (Wildman–Crippen MR) is 111 cm³/mol. The summed E-state index contributed by atoms with van der Waals surface area (Å²) in [6, 6.07) is 9.44. The van der Waals surface area contributed by atoms with Crippen molar-refractivity contribution >= 4 is 27.6 Å². The summed E-state index contributed by atoms with van der Waals surface area (Å²) < 4.78 is 28.9. The van der Waals surface area contributed by atoms with E-state index >= 15 is 0 Å². The van der Waals surface area contributed by atoms with Gasteiger partial charge >= 0.3 is 0 Å². The quantitative estimate of drug-likeness (QED) is 0.641. The second-order valence-electron chi connectivity index (χ2n) is 7.42. The molecule has 3 aromatic rings. The van der Waals surface area contributed by atoms with Gasteiger partial charge in [-0.3, -0.25) is 4.40 Å². The second-order valence-corrected chi connectivity index (χ2v) is 9.24. The van der Waals surface area contributed by atoms with Gasteiger partial charge in [0, 0.05) is 49.9 Å². The molecule has 1 aromatic carbocycles. The van der Waals surface area contributed by atoms with Gasteiger partial charge < -0.3 is 4.90 Å². The van der Waals surface area contributed by atoms with E-state index in [9.17, 15) is 8.42 Å². The molecule has 2 aromatic heterocycles. The lowest BCUT2D eigenvalue weighted by atomic mass is 10.2. The van der Waals surface area contributed by atoms with E-state index in [2.05, 4.69) is 20.1 Å². The molecule has 0 unspecified atom stereocenters. The summed E-state index contributed by atoms with van der Waals surface area (Å²) in [4.78, 5) is 6.60. The van der Waals surface area contributed by atoms with E-state index < -0.39 is 10.0 Å². The Morgan fingerprint density at radius 1 is 1.00 bits per heavy atom. The highest BCUT2D eigenvalue weighted by Gasteiger charge is 2.31. The minimum Gasteiger partial charge on any atom is -0.351 e. The molecule has 150 valence electrons. The van der Waals surface area contributed by atoms with Crippen LogP contribution in [0.2, 0.25) is 0 Å². The number of sulfonamides is 1. The predicted octanol–water partition coefficient (Wildman–Crippen LogP) is 2.12. The van der Waals surface area contributed by atoms with E-state index in [0.29, 0.717) is 32.1 Å². The average Bonchev–Trinajstić information content (AvgIpc) is 3.51. The molecule has 8 nitrogen and oxygen atoms in total. The number of hydrogen-bond donors (Lipinski definition) is 0. The third-order valence-corrected chi connectivity index (χ3v) is 6.97. The highest BCUT2D eigenvalue weighted by Crippen LogP contribution is 2.39. The Balaban J connectivity index is 1.30. The van der Waals surface area contributed by atoms with Crippen molar-refractivity contribution in [2.75, 3.05) is 31.1 Å². The first-order valence-corrected chi connectivity index (χ1v) is 11.3. The molecular weight excluding hydrogens is 388 g/mol. The van der Waals surface area contributed by atoms with Crippen LogP contribution < -0.4 is 4.90 Å². The zero-order valence-electron chi connectivity index (χ0n) is 15.9. The number of nitrogens with zero attached hydrogens (tertiary/aromatic N) is 6. The normalized spacial score (nSPS) is 18.7. The maximum atomic E-state index is 12.7. The second kappa shape index (κ2) is 7.23. The number of rotatable bonds is 5. The standard InChI is InChI=1S/C20H22N6O2S/c27-29(28,15-8-16-4-2-1-3-5-16)25-13-11-24(12-14-25)19-20-23-22-18(17-6-7-17)26(20)10-9-21-19/h1-5,8-10,15,17H,6-7,11-14H2/b15-8+. The van der Waals surface area contributed by atoms with Gasteiger partial charge in [0.05, 0.1) is 0 Å². The Morgan fingerprint density at radius 3 is 2.48 bits per heavy atom. The average molecular weight is 411 g/mol. The molecule has 1 saturated heterocycles. The highest BCUT2D eigenvalue weighted by atomic mass is 32.2. The first-order chi connectivity index (χ1) is 14.1. The van der Waals surface area contributed by atoms with E-state index in [1.54, 1.807) is 12.3 Å². The fraction of sp³-hybridized carbons (Fsp3) is 0.350. The highest BCUT2D eigenvalue weighted by molar-refractivity contribution is 7.92. The summed E-state index contributed by atoms with van der Waals surface area (Å²) in [5, 5.41) is 9.99. The first kappa shape index (κ1) is 18.3. The minimum atomic E-state index is -3.46. The molecular formula is C20H22N6O2S. The van der Waals surface area contributed by atoms with Gasteiger partial charge in [0.2, 0.25) is 15.7 Å². The maximum absolute atomic E-state index is 12.7. The molecule has 1 aliphatic carbocycles. The molecule has 0 N–H and O–H groups in total. The first-order valence-electron chi connectivity index (χ1n) is 9.80. The van der Waals surface area contributed by atoms with Crippen LogP contribution >= 0.6 is 0 Å². The molecule has 1 saturated carbocycles. The van der Waals surface area contributed by atoms with Gasteiger partial charge in [-0.05, 0) is 24.5 Å². The summed E-state index contributed by atoms with van der Waals surface area (Å²) in [6.45, 7) is 1.95. The van der Waals surface area contributed by atoms with Gasteiger partial charge in [0.25, 0.3) is 0 Å². The summed E-state index contributed by atoms with van der Waals surface area (Å²) in [5.74, 6) is 2.26. The molecule has 0 spiro atoms. The Bertz CT molecular complexity index is 1150. The van der Waals surface area contributed by atoms with Gasteiger partial charge in [0.1, 0.15) is 5.82 Å². The van der Waals surface area contributed by atoms with Crippen molar-refractivity contribution in [3.8, 4) is 0 Å². The third-order valence-electron chi connectivity index (χ3n) is 5.41. The Morgan fingerprint density at radius 2 is 1.76 bits per heavy atom. The van der Waals surface area contributed by atoms with Crippen LogP contribution in [-0.4, -0.2) is 58.5 Å². The Hall–Kier alpha value is -2.78. The lowest BCUT2D eigenvalue weighted by Crippen LogP contribution is -2.48. The number of benzene rings is 1. The van der Waals surface area contributed by atoms with Crippen molar-refractivity contribution in [3.63, 3.8) is 0 Å². The van der Waals surface area contributed by atoms with E-state index in [1.165, 1.54) is 9.71 Å². The largest absolute Gasteiger partial charge is 0.351 e. The lowest BCUT2D eigenvalue weighted by molar-refractivity contribution is 0.389. The minimum absolute atomic E-state index is 0.411. The van der Waals surface area contributed by atoms with Crippen LogP contribution in [0.4, 0.5) is 5.82 Å². The number of hydrogen-bond acceptors (Lipinski definition) is 6. The SMILES string of the molecule is O=S(=O)(/C=C/c1ccccc1)N1CCN(c2nccn3c(C4CC4)nnc23)CC1. The van der Waals surface area contributed by atoms with Crippen LogP contribution in [0.1, 0.15) is 30.1 Å². The number of anilines is 1. The molecule has 1 aliphatic heterocycles. The van der Waals surface area contributed by atoms with Gasteiger partial charge in [-0.15, -0.1) is 10.2 Å². The zero-order valence-corrected chi connectivity index (χ0v) is 16.7. The van der Waals surface area contributed by atoms with E-state index in [4.69, 9.17) is 0 Å². The van der Waals surface area contributed by atoms with Gasteiger partial charge in [-0.25, -0.2) is 13.4 Å². The van der Waals surface area contributed by atoms with E-state index in [1.807, 2.05) is 40.9 Å². The van der Waals surface area contributed by atoms with E-state index in [-0.39, 0.29) is 0 Å². The number of piperazine rings is 1. The zero-order chi connectivity index (χ0) is 19.8. The fourth-order valence-electron chi connectivity index (χ4n) is 3.64. The fourth-order valence-corrected chi connectivity index (χ4v) is 4.82. The van der Waals surface area contributed by atoms with Crippen molar-refractivity contribution < 1.29 is 8.42 Å². The lowest BCUT2D eigenvalue weighted by Gasteiger charge is -2.33. The molecule has 0 atom stereocenters. The molecule has 29 heavy (non-hydrogen) atoms. The molecule has 9 heteroatoms. The molecule has 0 amide bonds. The smallest absolute Gasteiger partial charge is 0.236 e. The summed E-state index contributed by atoms with van der Waals surface area (Å²) in [5.41, 5.74) is 1.61. The van der Waals surface area contributed by atoms with Gasteiger partial charge in [-0.2, -0.15) is 4.31 Å². The van der Waals surface area contributed by atoms with Crippen molar-refractivity contribution in [2.24, 2.45) is 0 Å². The van der Waals surface area contributed by atoms with Crippen molar-refractivity contribution in [1.29, 1.82) is 0 Å². The molecule has 0 radical (unpaired) electrons. The maximum Gasteiger partial charge on any atom is 0.236 e. The Labute approximate surface area is 169 Å². The van der Waals surface area contributed by atoms with E-state index in [0.717, 1.165) is 35.7 Å². The van der Waals surface area contributed by atoms with Crippen LogP contribution in [-0.2, 0) is 10.0 Å². The summed E-state index contributed by atoms with van der Waals surface area (Å²) in [6.07, 6.45) is 7.63. The number of aromatic nitrogens is 4. The molecule has 0 bridgehead atoms. The van der Waals surface area contributed by atoms with Crippen molar-refractivity contribution in [2.45, 2.75) is 18.8 Å². The summed E-state index contributed by atoms with van der Waals surface area (Å²) in [7, 11) is -3.46. The van der Waals surface area contributed by atoms with Crippen LogP contribution in [0.25, 0.3) is 11.7 Å². The van der Waals surface area contributed by atoms with Crippen LogP contribution in [0, 0.1) is 0 Å². The van der Waals surface area contributed by atoms with Gasteiger partial charge in [-0.1, -0.05) is 30.3 Å². The van der Waals surface area contributed by atoms with Gasteiger partial charge in [0.15, 0.2) is 5.82 Å². The van der Waals surface area contributed by atoms with Crippen LogP contribution in [0.3, 0.4) is 0 Å². The molecule has 3 heterocycles. The van der Waals surface area contributed by atoms with Crippen molar-refractivity contribution in [3.05, 3.63) is 59.5 Å². The third kappa shape index (κ3) is 3.63. The van der Waals surface area contributed by atoms with Crippen LogP contribution in [0.5, 0.6) is 0 Å². The van der Waals surface area contributed by atoms with Crippen LogP contribution in [0.15, 0.2) is 48.1 Å². The molecule has 2 fully saturated rings. The molecule has 2 aliphatic rings. The summed E-state index contributed by atoms with van der Waals surface area (Å²) >= 11 is 0. The van der Waals surface area contributed by atoms with Crippen molar-refractivity contribution in [1.82, 2.24) is 23.9 Å². The molecule has 5 rings (SSSR count).